The normalized spacial score (nSPS) is 22.5. The molecule has 0 radical (unpaired) electrons. The van der Waals surface area contributed by atoms with Crippen molar-refractivity contribution < 1.29 is 19.1 Å². The Kier molecular flexibility index (Phi) is 4.85. The van der Waals surface area contributed by atoms with Gasteiger partial charge in [0, 0.05) is 5.56 Å². The van der Waals surface area contributed by atoms with E-state index in [1.165, 1.54) is 12.7 Å². The maximum atomic E-state index is 13.3. The van der Waals surface area contributed by atoms with E-state index in [1.807, 2.05) is 12.1 Å². The van der Waals surface area contributed by atoms with Gasteiger partial charge in [-0.15, -0.1) is 0 Å². The first-order valence-electron chi connectivity index (χ1n) is 9.86. The van der Waals surface area contributed by atoms with Gasteiger partial charge in [-0.05, 0) is 51.4 Å². The maximum Gasteiger partial charge on any atom is 0.265 e. The highest BCUT2D eigenvalue weighted by atomic mass is 16.3. The van der Waals surface area contributed by atoms with Crippen molar-refractivity contribution >= 4 is 17.4 Å². The molecule has 28 heavy (non-hydrogen) atoms. The zero-order valence-electron chi connectivity index (χ0n) is 16.4. The van der Waals surface area contributed by atoms with Crippen LogP contribution in [0.15, 0.2) is 34.9 Å². The Morgan fingerprint density at radius 2 is 1.89 bits per heavy atom. The summed E-state index contributed by atoms with van der Waals surface area (Å²) in [7, 11) is 0. The zero-order valence-corrected chi connectivity index (χ0v) is 16.4. The van der Waals surface area contributed by atoms with Gasteiger partial charge in [-0.1, -0.05) is 24.6 Å². The quantitative estimate of drug-likeness (QED) is 0.804. The molecule has 1 N–H and O–H groups in total. The Balaban J connectivity index is 1.65. The molecule has 6 heteroatoms. The summed E-state index contributed by atoms with van der Waals surface area (Å²) in [6.07, 6.45) is 4.68. The first-order valence-corrected chi connectivity index (χ1v) is 9.86. The lowest BCUT2D eigenvalue weighted by Crippen LogP contribution is -2.47. The van der Waals surface area contributed by atoms with Gasteiger partial charge in [0.05, 0.1) is 30.6 Å². The number of anilines is 1. The Morgan fingerprint density at radius 3 is 2.57 bits per heavy atom. The Labute approximate surface area is 164 Å². The van der Waals surface area contributed by atoms with E-state index in [1.54, 1.807) is 30.9 Å². The number of fused-ring (bicyclic) bond motifs is 1. The van der Waals surface area contributed by atoms with Gasteiger partial charge >= 0.3 is 0 Å². The number of rotatable bonds is 5. The molecule has 3 heterocycles. The van der Waals surface area contributed by atoms with Crippen LogP contribution in [-0.4, -0.2) is 41.5 Å². The number of benzene rings is 1. The second-order valence-electron chi connectivity index (χ2n) is 7.88. The topological polar surface area (TPSA) is 74.0 Å². The summed E-state index contributed by atoms with van der Waals surface area (Å²) < 4.78 is 5.33. The fourth-order valence-electron chi connectivity index (χ4n) is 4.43. The van der Waals surface area contributed by atoms with Crippen molar-refractivity contribution in [2.75, 3.05) is 24.7 Å². The van der Waals surface area contributed by atoms with E-state index in [4.69, 9.17) is 4.42 Å². The number of aryl methyl sites for hydroxylation is 2. The molecular formula is C22H26N2O4. The van der Waals surface area contributed by atoms with Gasteiger partial charge < -0.3 is 9.52 Å². The Hall–Kier alpha value is -2.44. The average molecular weight is 382 g/mol. The van der Waals surface area contributed by atoms with E-state index in [-0.39, 0.29) is 12.2 Å². The van der Waals surface area contributed by atoms with Crippen molar-refractivity contribution in [1.29, 1.82) is 0 Å². The SMILES string of the molecule is Cc1coc(C)c1C(=O)C[C@]1(O)C(=O)N(CN2CCCCC2)c2ccccc21. The minimum absolute atomic E-state index is 0.283. The minimum atomic E-state index is -1.85. The van der Waals surface area contributed by atoms with Crippen molar-refractivity contribution in [3.05, 3.63) is 53.0 Å². The third kappa shape index (κ3) is 3.06. The molecule has 1 fully saturated rings. The number of ketones is 1. The number of hydrogen-bond donors (Lipinski definition) is 1. The van der Waals surface area contributed by atoms with Gasteiger partial charge in [-0.25, -0.2) is 0 Å². The van der Waals surface area contributed by atoms with E-state index in [0.29, 0.717) is 29.2 Å². The highest BCUT2D eigenvalue weighted by Crippen LogP contribution is 2.43. The largest absolute Gasteiger partial charge is 0.469 e. The van der Waals surface area contributed by atoms with Crippen LogP contribution in [0.1, 0.15) is 52.9 Å². The third-order valence-corrected chi connectivity index (χ3v) is 5.88. The van der Waals surface area contributed by atoms with Crippen LogP contribution in [-0.2, 0) is 10.4 Å². The number of amides is 1. The second-order valence-corrected chi connectivity index (χ2v) is 7.88. The molecule has 1 saturated heterocycles. The van der Waals surface area contributed by atoms with Crippen LogP contribution < -0.4 is 4.90 Å². The number of hydrogen-bond acceptors (Lipinski definition) is 5. The minimum Gasteiger partial charge on any atom is -0.469 e. The van der Waals surface area contributed by atoms with E-state index in [0.717, 1.165) is 31.5 Å². The van der Waals surface area contributed by atoms with Crippen LogP contribution in [0.4, 0.5) is 5.69 Å². The maximum absolute atomic E-state index is 13.3. The summed E-state index contributed by atoms with van der Waals surface area (Å²) in [5.41, 5.74) is 0.515. The van der Waals surface area contributed by atoms with Crippen LogP contribution in [0.5, 0.6) is 0 Å². The molecule has 1 aromatic carbocycles. The summed E-state index contributed by atoms with van der Waals surface area (Å²) >= 11 is 0. The highest BCUT2D eigenvalue weighted by Gasteiger charge is 2.51. The molecule has 0 spiro atoms. The standard InChI is InChI=1S/C22H26N2O4/c1-15-13-28-16(2)20(15)19(25)12-22(27)17-8-4-5-9-18(17)24(21(22)26)14-23-10-6-3-7-11-23/h4-5,8-9,13,27H,3,6-7,10-12,14H2,1-2H3/t22-/m1/s1. The lowest BCUT2D eigenvalue weighted by molar-refractivity contribution is -0.136. The predicted octanol–water partition coefficient (Wildman–Crippen LogP) is 3.15. The van der Waals surface area contributed by atoms with Crippen molar-refractivity contribution in [1.82, 2.24) is 4.90 Å². The van der Waals surface area contributed by atoms with Crippen LogP contribution >= 0.6 is 0 Å². The molecule has 1 amide bonds. The summed E-state index contributed by atoms with van der Waals surface area (Å²) in [6.45, 7) is 5.84. The fourth-order valence-corrected chi connectivity index (χ4v) is 4.43. The molecule has 148 valence electrons. The van der Waals surface area contributed by atoms with Gasteiger partial charge in [0.2, 0.25) is 0 Å². The molecule has 0 saturated carbocycles. The molecule has 1 atom stereocenters. The number of piperidine rings is 1. The lowest BCUT2D eigenvalue weighted by Gasteiger charge is -2.31. The van der Waals surface area contributed by atoms with Gasteiger partial charge in [0.25, 0.3) is 5.91 Å². The fraction of sp³-hybridized carbons (Fsp3) is 0.455. The average Bonchev–Trinajstić information content (AvgIpc) is 3.13. The number of likely N-dealkylation sites (tertiary alicyclic amines) is 1. The predicted molar refractivity (Wildman–Crippen MR) is 105 cm³/mol. The number of carbonyl (C=O) groups excluding carboxylic acids is 2. The molecule has 0 aliphatic carbocycles. The van der Waals surface area contributed by atoms with E-state index >= 15 is 0 Å². The molecule has 0 bridgehead atoms. The Bertz CT molecular complexity index is 894. The third-order valence-electron chi connectivity index (χ3n) is 5.88. The summed E-state index contributed by atoms with van der Waals surface area (Å²) in [6, 6.07) is 7.23. The lowest BCUT2D eigenvalue weighted by atomic mass is 9.87. The number of Topliss-reactive ketones (excluding diaryl/α,β-unsaturated/α-hetero) is 1. The van der Waals surface area contributed by atoms with Crippen molar-refractivity contribution in [2.24, 2.45) is 0 Å². The molecular weight excluding hydrogens is 356 g/mol. The van der Waals surface area contributed by atoms with E-state index < -0.39 is 11.5 Å². The smallest absolute Gasteiger partial charge is 0.265 e. The van der Waals surface area contributed by atoms with E-state index in [2.05, 4.69) is 4.90 Å². The summed E-state index contributed by atoms with van der Waals surface area (Å²) in [5.74, 6) is -0.198. The molecule has 2 aromatic rings. The van der Waals surface area contributed by atoms with Gasteiger partial charge in [-0.2, -0.15) is 0 Å². The number of nitrogens with zero attached hydrogens (tertiary/aromatic N) is 2. The number of para-hydroxylation sites is 1. The molecule has 2 aliphatic heterocycles. The van der Waals surface area contributed by atoms with Gasteiger partial charge in [0.1, 0.15) is 5.76 Å². The van der Waals surface area contributed by atoms with Crippen LogP contribution in [0, 0.1) is 13.8 Å². The first-order chi connectivity index (χ1) is 13.4. The molecule has 2 aliphatic rings. The van der Waals surface area contributed by atoms with Crippen LogP contribution in [0.2, 0.25) is 0 Å². The summed E-state index contributed by atoms with van der Waals surface area (Å²) in [5, 5.41) is 11.4. The molecule has 6 nitrogen and oxygen atoms in total. The number of aliphatic hydroxyl groups is 1. The molecule has 0 unspecified atom stereocenters. The van der Waals surface area contributed by atoms with Crippen LogP contribution in [0.25, 0.3) is 0 Å². The van der Waals surface area contributed by atoms with Gasteiger partial charge in [0.15, 0.2) is 11.4 Å². The Morgan fingerprint density at radius 1 is 1.18 bits per heavy atom. The second kappa shape index (κ2) is 7.18. The van der Waals surface area contributed by atoms with Crippen molar-refractivity contribution in [2.45, 2.75) is 45.1 Å². The van der Waals surface area contributed by atoms with Crippen LogP contribution in [0.3, 0.4) is 0 Å². The monoisotopic (exact) mass is 382 g/mol. The van der Waals surface area contributed by atoms with E-state index in [9.17, 15) is 14.7 Å². The first kappa shape index (κ1) is 18.9. The van der Waals surface area contributed by atoms with Gasteiger partial charge in [-0.3, -0.25) is 19.4 Å². The molecule has 4 rings (SSSR count). The van der Waals surface area contributed by atoms with Crippen molar-refractivity contribution in [3.8, 4) is 0 Å². The zero-order chi connectivity index (χ0) is 19.9. The number of furan rings is 1. The molecule has 1 aromatic heterocycles. The summed E-state index contributed by atoms with van der Waals surface area (Å²) in [4.78, 5) is 30.1. The highest BCUT2D eigenvalue weighted by molar-refractivity contribution is 6.11. The van der Waals surface area contributed by atoms with Crippen molar-refractivity contribution in [3.63, 3.8) is 0 Å². The number of carbonyl (C=O) groups is 2.